The lowest BCUT2D eigenvalue weighted by Crippen LogP contribution is -2.51. The summed E-state index contributed by atoms with van der Waals surface area (Å²) in [5, 5.41) is 12.3. The van der Waals surface area contributed by atoms with Crippen molar-refractivity contribution in [1.82, 2.24) is 5.32 Å². The van der Waals surface area contributed by atoms with Crippen LogP contribution in [0, 0.1) is 22.7 Å². The molecule has 2 heterocycles. The van der Waals surface area contributed by atoms with Crippen molar-refractivity contribution in [2.75, 3.05) is 26.4 Å². The molecule has 5 nitrogen and oxygen atoms in total. The van der Waals surface area contributed by atoms with E-state index in [1.54, 1.807) is 0 Å². The maximum Gasteiger partial charge on any atom is 0.240 e. The monoisotopic (exact) mass is 252 g/mol. The van der Waals surface area contributed by atoms with E-state index in [-0.39, 0.29) is 11.9 Å². The number of nitrogens with zero attached hydrogens (tertiary/aromatic N) is 1. The summed E-state index contributed by atoms with van der Waals surface area (Å²) in [5.74, 6) is 0.172. The molecule has 0 bridgehead atoms. The molecule has 2 unspecified atom stereocenters. The number of hydrogen-bond donors (Lipinski definition) is 1. The molecule has 2 fully saturated rings. The van der Waals surface area contributed by atoms with E-state index in [2.05, 4.69) is 18.3 Å². The second-order valence-electron chi connectivity index (χ2n) is 5.23. The molecule has 1 N–H and O–H groups in total. The topological polar surface area (TPSA) is 71.3 Å². The second-order valence-corrected chi connectivity index (χ2v) is 5.23. The first-order chi connectivity index (χ1) is 8.68. The lowest BCUT2D eigenvalue weighted by Gasteiger charge is -2.34. The van der Waals surface area contributed by atoms with E-state index in [9.17, 15) is 10.1 Å². The highest BCUT2D eigenvalue weighted by Gasteiger charge is 2.41. The van der Waals surface area contributed by atoms with Crippen LogP contribution in [0.2, 0.25) is 0 Å². The average molecular weight is 252 g/mol. The van der Waals surface area contributed by atoms with E-state index in [0.29, 0.717) is 45.2 Å². The average Bonchev–Trinajstić information content (AvgIpc) is 2.42. The van der Waals surface area contributed by atoms with Gasteiger partial charge in [-0.15, -0.1) is 0 Å². The normalized spacial score (nSPS) is 31.3. The van der Waals surface area contributed by atoms with Gasteiger partial charge in [-0.1, -0.05) is 6.92 Å². The Morgan fingerprint density at radius 1 is 1.33 bits per heavy atom. The Morgan fingerprint density at radius 3 is 2.67 bits per heavy atom. The third kappa shape index (κ3) is 2.65. The Hall–Kier alpha value is -1.12. The van der Waals surface area contributed by atoms with Crippen LogP contribution in [-0.4, -0.2) is 38.4 Å². The molecule has 5 heteroatoms. The highest BCUT2D eigenvalue weighted by molar-refractivity contribution is 5.85. The van der Waals surface area contributed by atoms with Crippen molar-refractivity contribution in [2.45, 2.75) is 32.2 Å². The molecule has 0 spiro atoms. The van der Waals surface area contributed by atoms with Gasteiger partial charge < -0.3 is 14.8 Å². The predicted molar refractivity (Wildman–Crippen MR) is 64.6 cm³/mol. The maximum absolute atomic E-state index is 12.3. The highest BCUT2D eigenvalue weighted by Crippen LogP contribution is 2.30. The summed E-state index contributed by atoms with van der Waals surface area (Å²) in [6, 6.07) is 2.32. The Balaban J connectivity index is 1.99. The van der Waals surface area contributed by atoms with Crippen LogP contribution in [0.15, 0.2) is 0 Å². The third-order valence-corrected chi connectivity index (χ3v) is 3.95. The first kappa shape index (κ1) is 13.3. The molecule has 2 aliphatic rings. The molecule has 0 aromatic heterocycles. The molecule has 0 aromatic rings. The summed E-state index contributed by atoms with van der Waals surface area (Å²) >= 11 is 0. The summed E-state index contributed by atoms with van der Waals surface area (Å²) in [4.78, 5) is 12.3. The van der Waals surface area contributed by atoms with Crippen molar-refractivity contribution in [2.24, 2.45) is 11.3 Å². The molecule has 2 atom stereocenters. The molecule has 0 aromatic carbocycles. The molecule has 18 heavy (non-hydrogen) atoms. The minimum absolute atomic E-state index is 0.124. The van der Waals surface area contributed by atoms with Crippen molar-refractivity contribution < 1.29 is 14.3 Å². The molecule has 1 amide bonds. The molecule has 0 saturated carbocycles. The van der Waals surface area contributed by atoms with E-state index in [4.69, 9.17) is 9.47 Å². The van der Waals surface area contributed by atoms with E-state index in [1.165, 1.54) is 0 Å². The van der Waals surface area contributed by atoms with Crippen LogP contribution in [-0.2, 0) is 14.3 Å². The first-order valence-electron chi connectivity index (χ1n) is 6.56. The Kier molecular flexibility index (Phi) is 4.20. The molecule has 2 rings (SSSR count). The Morgan fingerprint density at radius 2 is 2.06 bits per heavy atom. The van der Waals surface area contributed by atoms with E-state index in [0.717, 1.165) is 6.42 Å². The van der Waals surface area contributed by atoms with E-state index in [1.807, 2.05) is 0 Å². The van der Waals surface area contributed by atoms with Crippen LogP contribution in [0.1, 0.15) is 26.2 Å². The molecule has 0 radical (unpaired) electrons. The van der Waals surface area contributed by atoms with Gasteiger partial charge in [0.25, 0.3) is 0 Å². The van der Waals surface area contributed by atoms with Crippen LogP contribution >= 0.6 is 0 Å². The van der Waals surface area contributed by atoms with Crippen molar-refractivity contribution in [3.63, 3.8) is 0 Å². The van der Waals surface area contributed by atoms with Crippen molar-refractivity contribution >= 4 is 5.91 Å². The Bertz CT molecular complexity index is 345. The fourth-order valence-corrected chi connectivity index (χ4v) is 2.51. The number of hydrogen-bond acceptors (Lipinski definition) is 4. The van der Waals surface area contributed by atoms with Crippen LogP contribution in [0.3, 0.4) is 0 Å². The molecular weight excluding hydrogens is 232 g/mol. The van der Waals surface area contributed by atoms with Gasteiger partial charge in [0.15, 0.2) is 0 Å². The molecular formula is C13H20N2O3. The Labute approximate surface area is 107 Å². The zero-order valence-corrected chi connectivity index (χ0v) is 10.8. The summed E-state index contributed by atoms with van der Waals surface area (Å²) in [6.07, 6.45) is 1.81. The van der Waals surface area contributed by atoms with Gasteiger partial charge in [-0.2, -0.15) is 5.26 Å². The number of nitrogens with one attached hydrogen (secondary N) is 1. The number of carbonyl (C=O) groups is 1. The zero-order chi connectivity index (χ0) is 13.0. The smallest absolute Gasteiger partial charge is 0.240 e. The second kappa shape index (κ2) is 5.68. The standard InChI is InChI=1S/C13H20N2O3/c1-10-8-18-5-2-11(10)15-12(16)13(9-14)3-6-17-7-4-13/h10-11H,2-8H2,1H3,(H,15,16). The van der Waals surface area contributed by atoms with Gasteiger partial charge in [0.05, 0.1) is 12.7 Å². The summed E-state index contributed by atoms with van der Waals surface area (Å²) < 4.78 is 10.6. The van der Waals surface area contributed by atoms with Gasteiger partial charge >= 0.3 is 0 Å². The van der Waals surface area contributed by atoms with Crippen LogP contribution < -0.4 is 5.32 Å². The number of carbonyl (C=O) groups excluding carboxylic acids is 1. The zero-order valence-electron chi connectivity index (χ0n) is 10.8. The van der Waals surface area contributed by atoms with Gasteiger partial charge in [0.1, 0.15) is 5.41 Å². The minimum atomic E-state index is -0.893. The highest BCUT2D eigenvalue weighted by atomic mass is 16.5. The maximum atomic E-state index is 12.3. The van der Waals surface area contributed by atoms with Crippen LogP contribution in [0.5, 0.6) is 0 Å². The molecule has 0 aliphatic carbocycles. The quantitative estimate of drug-likeness (QED) is 0.790. The van der Waals surface area contributed by atoms with Crippen LogP contribution in [0.25, 0.3) is 0 Å². The largest absolute Gasteiger partial charge is 0.381 e. The van der Waals surface area contributed by atoms with Crippen molar-refractivity contribution in [3.05, 3.63) is 0 Å². The van der Waals surface area contributed by atoms with Gasteiger partial charge in [-0.05, 0) is 25.2 Å². The summed E-state index contributed by atoms with van der Waals surface area (Å²) in [5.41, 5.74) is -0.893. The van der Waals surface area contributed by atoms with Crippen LogP contribution in [0.4, 0.5) is 0 Å². The van der Waals surface area contributed by atoms with E-state index >= 15 is 0 Å². The number of nitriles is 1. The predicted octanol–water partition coefficient (Wildman–Crippen LogP) is 0.848. The molecule has 2 aliphatic heterocycles. The minimum Gasteiger partial charge on any atom is -0.381 e. The molecule has 100 valence electrons. The van der Waals surface area contributed by atoms with Crippen molar-refractivity contribution in [1.29, 1.82) is 5.26 Å². The fraction of sp³-hybridized carbons (Fsp3) is 0.846. The number of rotatable bonds is 2. The third-order valence-electron chi connectivity index (χ3n) is 3.95. The fourth-order valence-electron chi connectivity index (χ4n) is 2.51. The SMILES string of the molecule is CC1COCCC1NC(=O)C1(C#N)CCOCC1. The molecule has 2 saturated heterocycles. The van der Waals surface area contributed by atoms with Gasteiger partial charge in [-0.25, -0.2) is 0 Å². The lowest BCUT2D eigenvalue weighted by molar-refractivity contribution is -0.134. The number of amides is 1. The van der Waals surface area contributed by atoms with Gasteiger partial charge in [0.2, 0.25) is 5.91 Å². The summed E-state index contributed by atoms with van der Waals surface area (Å²) in [7, 11) is 0. The summed E-state index contributed by atoms with van der Waals surface area (Å²) in [6.45, 7) is 4.40. The van der Waals surface area contributed by atoms with E-state index < -0.39 is 5.41 Å². The number of ether oxygens (including phenoxy) is 2. The lowest BCUT2D eigenvalue weighted by atomic mass is 9.80. The first-order valence-corrected chi connectivity index (χ1v) is 6.56. The van der Waals surface area contributed by atoms with Gasteiger partial charge in [-0.3, -0.25) is 4.79 Å². The van der Waals surface area contributed by atoms with Crippen molar-refractivity contribution in [3.8, 4) is 6.07 Å². The van der Waals surface area contributed by atoms with Gasteiger partial charge in [0, 0.05) is 25.9 Å².